The van der Waals surface area contributed by atoms with Gasteiger partial charge in [0, 0.05) is 46.5 Å². The number of carbonyl (C=O) groups is 2. The molecular weight excluding hydrogens is 550 g/mol. The SMILES string of the molecule is CCc1nnc(SCC(=O)N2CCCCOC[C@@H](O)[C@@H](O)[C@H](OC)CN(C(=O)COC)C[C@@H]2CC(C)C)nc1CC. The molecule has 2 N–H and O–H groups in total. The summed E-state index contributed by atoms with van der Waals surface area (Å²) in [5.41, 5.74) is 1.76. The maximum absolute atomic E-state index is 13.8. The number of hydrogen-bond donors (Lipinski definition) is 2. The van der Waals surface area contributed by atoms with Crippen LogP contribution in [0.4, 0.5) is 0 Å². The zero-order chi connectivity index (χ0) is 30.4. The first-order valence-corrected chi connectivity index (χ1v) is 15.5. The molecule has 1 aliphatic heterocycles. The highest BCUT2D eigenvalue weighted by Crippen LogP contribution is 2.21. The van der Waals surface area contributed by atoms with Gasteiger partial charge in [-0.3, -0.25) is 9.59 Å². The summed E-state index contributed by atoms with van der Waals surface area (Å²) >= 11 is 1.26. The van der Waals surface area contributed by atoms with E-state index in [0.717, 1.165) is 24.2 Å². The monoisotopic (exact) mass is 599 g/mol. The van der Waals surface area contributed by atoms with Crippen LogP contribution >= 0.6 is 11.8 Å². The lowest BCUT2D eigenvalue weighted by Crippen LogP contribution is -2.54. The molecule has 0 spiro atoms. The third-order valence-corrected chi connectivity index (χ3v) is 7.90. The van der Waals surface area contributed by atoms with Crippen LogP contribution in [-0.4, -0.2) is 131 Å². The predicted octanol–water partition coefficient (Wildman–Crippen LogP) is 1.35. The predicted molar refractivity (Wildman–Crippen MR) is 156 cm³/mol. The number of aliphatic hydroxyl groups excluding tert-OH is 2. The number of amides is 2. The quantitative estimate of drug-likeness (QED) is 0.376. The second kappa shape index (κ2) is 18.6. The summed E-state index contributed by atoms with van der Waals surface area (Å²) in [7, 11) is 2.87. The van der Waals surface area contributed by atoms with Crippen LogP contribution in [0.5, 0.6) is 0 Å². The molecule has 234 valence electrons. The summed E-state index contributed by atoms with van der Waals surface area (Å²) in [4.78, 5) is 35.0. The van der Waals surface area contributed by atoms with E-state index in [1.807, 2.05) is 18.7 Å². The lowest BCUT2D eigenvalue weighted by atomic mass is 10.00. The Morgan fingerprint density at radius 1 is 1.07 bits per heavy atom. The van der Waals surface area contributed by atoms with Crippen molar-refractivity contribution in [2.45, 2.75) is 89.3 Å². The van der Waals surface area contributed by atoms with Gasteiger partial charge in [-0.1, -0.05) is 39.5 Å². The third kappa shape index (κ3) is 11.4. The van der Waals surface area contributed by atoms with Gasteiger partial charge < -0.3 is 34.2 Å². The van der Waals surface area contributed by atoms with E-state index < -0.39 is 18.3 Å². The number of nitrogens with zero attached hydrogens (tertiary/aromatic N) is 5. The first-order chi connectivity index (χ1) is 19.6. The number of thioether (sulfide) groups is 1. The first-order valence-electron chi connectivity index (χ1n) is 14.5. The fraction of sp³-hybridized carbons (Fsp3) is 0.821. The molecule has 0 unspecified atom stereocenters. The molecule has 13 heteroatoms. The molecule has 1 saturated heterocycles. The molecule has 4 atom stereocenters. The van der Waals surface area contributed by atoms with E-state index in [0.29, 0.717) is 37.6 Å². The van der Waals surface area contributed by atoms with Gasteiger partial charge in [0.2, 0.25) is 17.0 Å². The topological polar surface area (TPSA) is 147 Å². The van der Waals surface area contributed by atoms with Gasteiger partial charge in [0.25, 0.3) is 0 Å². The van der Waals surface area contributed by atoms with Crippen molar-refractivity contribution in [3.05, 3.63) is 11.4 Å². The fourth-order valence-electron chi connectivity index (χ4n) is 4.87. The van der Waals surface area contributed by atoms with E-state index in [-0.39, 0.29) is 55.8 Å². The Morgan fingerprint density at radius 3 is 2.44 bits per heavy atom. The summed E-state index contributed by atoms with van der Waals surface area (Å²) < 4.78 is 16.2. The maximum Gasteiger partial charge on any atom is 0.248 e. The van der Waals surface area contributed by atoms with Gasteiger partial charge in [-0.05, 0) is 38.0 Å². The van der Waals surface area contributed by atoms with Crippen molar-refractivity contribution in [1.82, 2.24) is 25.0 Å². The normalized spacial score (nSPS) is 23.4. The molecule has 0 bridgehead atoms. The van der Waals surface area contributed by atoms with Crippen LogP contribution in [0.1, 0.15) is 58.3 Å². The fourth-order valence-corrected chi connectivity index (χ4v) is 5.56. The molecule has 1 aromatic heterocycles. The minimum absolute atomic E-state index is 0.0192. The molecule has 41 heavy (non-hydrogen) atoms. The number of rotatable bonds is 10. The Labute approximate surface area is 248 Å². The highest BCUT2D eigenvalue weighted by molar-refractivity contribution is 7.99. The number of carbonyl (C=O) groups excluding carboxylic acids is 2. The van der Waals surface area contributed by atoms with Crippen molar-refractivity contribution in [2.75, 3.05) is 59.4 Å². The van der Waals surface area contributed by atoms with Gasteiger partial charge in [-0.2, -0.15) is 5.10 Å². The standard InChI is InChI=1S/C28H49N5O7S/c1-7-21-22(8-2)30-31-28(29-21)41-18-26(36)33-11-9-10-12-40-16-23(34)27(37)24(39-6)15-32(25(35)17-38-5)14-20(33)13-19(3)4/h19-20,23-24,27,34,37H,7-18H2,1-6H3/t20-,23+,24+,27+/m0/s1. The van der Waals surface area contributed by atoms with E-state index in [4.69, 9.17) is 14.2 Å². The van der Waals surface area contributed by atoms with Gasteiger partial charge in [0.15, 0.2) is 0 Å². The third-order valence-electron chi connectivity index (χ3n) is 7.08. The van der Waals surface area contributed by atoms with Crippen LogP contribution in [0, 0.1) is 5.92 Å². The van der Waals surface area contributed by atoms with Crippen molar-refractivity contribution >= 4 is 23.6 Å². The van der Waals surface area contributed by atoms with Crippen molar-refractivity contribution in [3.8, 4) is 0 Å². The number of aryl methyl sites for hydroxylation is 2. The Morgan fingerprint density at radius 2 is 1.80 bits per heavy atom. The van der Waals surface area contributed by atoms with Crippen LogP contribution < -0.4 is 0 Å². The van der Waals surface area contributed by atoms with Gasteiger partial charge in [0.1, 0.15) is 24.9 Å². The molecule has 12 nitrogen and oxygen atoms in total. The summed E-state index contributed by atoms with van der Waals surface area (Å²) in [5.74, 6) is 0.0147. The minimum atomic E-state index is -1.26. The summed E-state index contributed by atoms with van der Waals surface area (Å²) in [6.07, 6.45) is 0.207. The summed E-state index contributed by atoms with van der Waals surface area (Å²) in [6, 6.07) is -0.292. The number of methoxy groups -OCH3 is 2. The minimum Gasteiger partial charge on any atom is -0.388 e. The van der Waals surface area contributed by atoms with Crippen molar-refractivity contribution < 1.29 is 34.0 Å². The van der Waals surface area contributed by atoms with E-state index in [1.54, 1.807) is 4.90 Å². The number of aromatic nitrogens is 3. The Balaban J connectivity index is 2.35. The lowest BCUT2D eigenvalue weighted by Gasteiger charge is -2.38. The van der Waals surface area contributed by atoms with Crippen LogP contribution in [0.25, 0.3) is 0 Å². The Hall–Kier alpha value is -1.90. The van der Waals surface area contributed by atoms with Crippen LogP contribution in [0.15, 0.2) is 5.16 Å². The van der Waals surface area contributed by atoms with Crippen LogP contribution in [-0.2, 0) is 36.6 Å². The van der Waals surface area contributed by atoms with Gasteiger partial charge in [0.05, 0.1) is 23.7 Å². The Bertz CT molecular complexity index is 941. The average molecular weight is 600 g/mol. The first kappa shape index (κ1) is 35.3. The largest absolute Gasteiger partial charge is 0.388 e. The Kier molecular flexibility index (Phi) is 16.0. The number of hydrogen-bond acceptors (Lipinski definition) is 11. The average Bonchev–Trinajstić information content (AvgIpc) is 2.95. The smallest absolute Gasteiger partial charge is 0.248 e. The van der Waals surface area contributed by atoms with E-state index in [9.17, 15) is 19.8 Å². The van der Waals surface area contributed by atoms with Crippen molar-refractivity contribution in [3.63, 3.8) is 0 Å². The number of ether oxygens (including phenoxy) is 3. The molecular formula is C28H49N5O7S. The van der Waals surface area contributed by atoms with Crippen molar-refractivity contribution in [2.24, 2.45) is 5.92 Å². The summed E-state index contributed by atoms with van der Waals surface area (Å²) in [5, 5.41) is 30.2. The molecule has 2 rings (SSSR count). The van der Waals surface area contributed by atoms with E-state index in [1.165, 1.54) is 26.0 Å². The molecule has 0 aliphatic carbocycles. The van der Waals surface area contributed by atoms with E-state index >= 15 is 0 Å². The maximum atomic E-state index is 13.8. The molecule has 0 aromatic carbocycles. The molecule has 1 aliphatic rings. The zero-order valence-corrected chi connectivity index (χ0v) is 26.3. The highest BCUT2D eigenvalue weighted by atomic mass is 32.2. The van der Waals surface area contributed by atoms with Crippen molar-refractivity contribution in [1.29, 1.82) is 0 Å². The molecule has 1 aromatic rings. The van der Waals surface area contributed by atoms with Gasteiger partial charge >= 0.3 is 0 Å². The molecule has 2 heterocycles. The number of aliphatic hydroxyl groups is 2. The zero-order valence-electron chi connectivity index (χ0n) is 25.5. The highest BCUT2D eigenvalue weighted by Gasteiger charge is 2.33. The molecule has 2 amide bonds. The van der Waals surface area contributed by atoms with Crippen LogP contribution in [0.2, 0.25) is 0 Å². The molecule has 1 fully saturated rings. The van der Waals surface area contributed by atoms with Crippen LogP contribution in [0.3, 0.4) is 0 Å². The lowest BCUT2D eigenvalue weighted by molar-refractivity contribution is -0.145. The second-order valence-electron chi connectivity index (χ2n) is 10.7. The van der Waals surface area contributed by atoms with Gasteiger partial charge in [-0.25, -0.2) is 4.98 Å². The van der Waals surface area contributed by atoms with Gasteiger partial charge in [-0.15, -0.1) is 5.10 Å². The van der Waals surface area contributed by atoms with E-state index in [2.05, 4.69) is 29.0 Å². The molecule has 0 radical (unpaired) electrons. The molecule has 0 saturated carbocycles. The summed E-state index contributed by atoms with van der Waals surface area (Å²) in [6.45, 7) is 9.10. The second-order valence-corrected chi connectivity index (χ2v) is 11.6.